The average molecular weight is 269 g/mol. The Morgan fingerprint density at radius 2 is 1.89 bits per heavy atom. The summed E-state index contributed by atoms with van der Waals surface area (Å²) in [5.74, 6) is 0.436. The molecule has 2 unspecified atom stereocenters. The van der Waals surface area contributed by atoms with E-state index in [1.54, 1.807) is 0 Å². The van der Waals surface area contributed by atoms with Crippen LogP contribution in [0.2, 0.25) is 0 Å². The number of amides is 1. The van der Waals surface area contributed by atoms with Crippen molar-refractivity contribution in [2.24, 2.45) is 11.7 Å². The van der Waals surface area contributed by atoms with Crippen LogP contribution in [0.3, 0.4) is 0 Å². The molecule has 0 aliphatic heterocycles. The van der Waals surface area contributed by atoms with Gasteiger partial charge in [-0.25, -0.2) is 0 Å². The molecule has 1 aromatic rings. The minimum atomic E-state index is 0. The first-order valence-corrected chi connectivity index (χ1v) is 6.36. The molecule has 1 fully saturated rings. The van der Waals surface area contributed by atoms with Crippen LogP contribution in [0.25, 0.3) is 0 Å². The number of anilines is 1. The van der Waals surface area contributed by atoms with Crippen LogP contribution in [0.5, 0.6) is 0 Å². The zero-order valence-corrected chi connectivity index (χ0v) is 11.3. The second-order valence-electron chi connectivity index (χ2n) is 4.83. The summed E-state index contributed by atoms with van der Waals surface area (Å²) in [7, 11) is 0. The molecule has 0 bridgehead atoms. The second-order valence-corrected chi connectivity index (χ2v) is 4.83. The summed E-state index contributed by atoms with van der Waals surface area (Å²) >= 11 is 0. The molecule has 1 aliphatic carbocycles. The molecule has 4 heteroatoms. The Morgan fingerprint density at radius 3 is 2.56 bits per heavy atom. The predicted molar refractivity (Wildman–Crippen MR) is 76.9 cm³/mol. The number of para-hydroxylation sites is 1. The Hall–Kier alpha value is -1.06. The number of benzene rings is 1. The summed E-state index contributed by atoms with van der Waals surface area (Å²) in [6.07, 6.45) is 5.11. The lowest BCUT2D eigenvalue weighted by Crippen LogP contribution is -2.35. The van der Waals surface area contributed by atoms with Gasteiger partial charge in [0.05, 0.1) is 0 Å². The zero-order valence-electron chi connectivity index (χ0n) is 10.5. The van der Waals surface area contributed by atoms with Gasteiger partial charge in [0.25, 0.3) is 0 Å². The summed E-state index contributed by atoms with van der Waals surface area (Å²) in [6, 6.07) is 9.78. The van der Waals surface area contributed by atoms with E-state index >= 15 is 0 Å². The van der Waals surface area contributed by atoms with Crippen LogP contribution < -0.4 is 11.1 Å². The Morgan fingerprint density at radius 1 is 1.22 bits per heavy atom. The SMILES string of the molecule is Cl.NC1CCCCC1CC(=O)Nc1ccccc1. The Bertz CT molecular complexity index is 369. The van der Waals surface area contributed by atoms with Crippen LogP contribution in [0.4, 0.5) is 5.69 Å². The molecule has 0 radical (unpaired) electrons. The Balaban J connectivity index is 0.00000162. The van der Waals surface area contributed by atoms with Crippen LogP contribution in [-0.2, 0) is 4.79 Å². The zero-order chi connectivity index (χ0) is 12.1. The van der Waals surface area contributed by atoms with Crippen LogP contribution in [0.1, 0.15) is 32.1 Å². The number of nitrogens with one attached hydrogen (secondary N) is 1. The fraction of sp³-hybridized carbons (Fsp3) is 0.500. The molecule has 3 nitrogen and oxygen atoms in total. The third-order valence-corrected chi connectivity index (χ3v) is 3.47. The lowest BCUT2D eigenvalue weighted by molar-refractivity contribution is -0.117. The average Bonchev–Trinajstić information content (AvgIpc) is 2.33. The van der Waals surface area contributed by atoms with Gasteiger partial charge in [-0.1, -0.05) is 31.0 Å². The van der Waals surface area contributed by atoms with Gasteiger partial charge in [0.2, 0.25) is 5.91 Å². The van der Waals surface area contributed by atoms with Crippen molar-refractivity contribution in [3.8, 4) is 0 Å². The predicted octanol–water partition coefficient (Wildman–Crippen LogP) is 2.95. The van der Waals surface area contributed by atoms with Crippen molar-refractivity contribution in [1.82, 2.24) is 0 Å². The maximum absolute atomic E-state index is 11.9. The molecule has 2 atom stereocenters. The summed E-state index contributed by atoms with van der Waals surface area (Å²) in [5.41, 5.74) is 6.90. The fourth-order valence-electron chi connectivity index (χ4n) is 2.46. The van der Waals surface area contributed by atoms with E-state index in [0.717, 1.165) is 18.5 Å². The molecular formula is C14H21ClN2O. The molecule has 2 rings (SSSR count). The number of nitrogens with two attached hydrogens (primary N) is 1. The largest absolute Gasteiger partial charge is 0.327 e. The lowest BCUT2D eigenvalue weighted by Gasteiger charge is -2.27. The molecule has 0 heterocycles. The van der Waals surface area contributed by atoms with Gasteiger partial charge in [0.15, 0.2) is 0 Å². The van der Waals surface area contributed by atoms with Crippen molar-refractivity contribution in [1.29, 1.82) is 0 Å². The van der Waals surface area contributed by atoms with Crippen LogP contribution in [0.15, 0.2) is 30.3 Å². The van der Waals surface area contributed by atoms with Gasteiger partial charge in [-0.15, -0.1) is 12.4 Å². The van der Waals surface area contributed by atoms with Crippen molar-refractivity contribution in [3.63, 3.8) is 0 Å². The monoisotopic (exact) mass is 268 g/mol. The molecule has 1 amide bonds. The van der Waals surface area contributed by atoms with Crippen LogP contribution in [0, 0.1) is 5.92 Å². The third kappa shape index (κ3) is 4.31. The normalized spacial score (nSPS) is 22.9. The number of carbonyl (C=O) groups excluding carboxylic acids is 1. The van der Waals surface area contributed by atoms with Crippen molar-refractivity contribution in [2.75, 3.05) is 5.32 Å². The fourth-order valence-corrected chi connectivity index (χ4v) is 2.46. The summed E-state index contributed by atoms with van der Waals surface area (Å²) in [4.78, 5) is 11.9. The molecule has 1 aliphatic rings. The van der Waals surface area contributed by atoms with E-state index in [0.29, 0.717) is 12.3 Å². The Kier molecular flexibility index (Phi) is 6.16. The maximum Gasteiger partial charge on any atom is 0.224 e. The topological polar surface area (TPSA) is 55.1 Å². The van der Waals surface area contributed by atoms with Gasteiger partial charge in [-0.2, -0.15) is 0 Å². The molecule has 0 saturated heterocycles. The highest BCUT2D eigenvalue weighted by molar-refractivity contribution is 5.90. The van der Waals surface area contributed by atoms with E-state index in [2.05, 4.69) is 5.32 Å². The summed E-state index contributed by atoms with van der Waals surface area (Å²) < 4.78 is 0. The quantitative estimate of drug-likeness (QED) is 0.886. The van der Waals surface area contributed by atoms with Crippen LogP contribution >= 0.6 is 12.4 Å². The number of hydrogen-bond acceptors (Lipinski definition) is 2. The van der Waals surface area contributed by atoms with Gasteiger partial charge in [0.1, 0.15) is 0 Å². The second kappa shape index (κ2) is 7.39. The maximum atomic E-state index is 11.9. The van der Waals surface area contributed by atoms with E-state index in [9.17, 15) is 4.79 Å². The molecule has 1 saturated carbocycles. The highest BCUT2D eigenvalue weighted by atomic mass is 35.5. The van der Waals surface area contributed by atoms with E-state index in [1.807, 2.05) is 30.3 Å². The first-order chi connectivity index (χ1) is 8.25. The number of rotatable bonds is 3. The van der Waals surface area contributed by atoms with Gasteiger partial charge < -0.3 is 11.1 Å². The van der Waals surface area contributed by atoms with E-state index in [1.165, 1.54) is 12.8 Å². The van der Waals surface area contributed by atoms with Crippen LogP contribution in [-0.4, -0.2) is 11.9 Å². The minimum absolute atomic E-state index is 0. The molecule has 18 heavy (non-hydrogen) atoms. The van der Waals surface area contributed by atoms with Gasteiger partial charge in [-0.05, 0) is 30.9 Å². The molecule has 0 spiro atoms. The van der Waals surface area contributed by atoms with Crippen molar-refractivity contribution in [3.05, 3.63) is 30.3 Å². The van der Waals surface area contributed by atoms with E-state index < -0.39 is 0 Å². The summed E-state index contributed by atoms with van der Waals surface area (Å²) in [6.45, 7) is 0. The van der Waals surface area contributed by atoms with Crippen molar-refractivity contribution in [2.45, 2.75) is 38.1 Å². The Labute approximate surface area is 115 Å². The van der Waals surface area contributed by atoms with Gasteiger partial charge in [0, 0.05) is 18.2 Å². The lowest BCUT2D eigenvalue weighted by atomic mass is 9.83. The molecule has 0 aromatic heterocycles. The molecule has 100 valence electrons. The standard InChI is InChI=1S/C14H20N2O.ClH/c15-13-9-5-4-6-11(13)10-14(17)16-12-7-2-1-3-8-12;/h1-3,7-8,11,13H,4-6,9-10,15H2,(H,16,17);1H. The molecule has 3 N–H and O–H groups in total. The smallest absolute Gasteiger partial charge is 0.224 e. The number of halogens is 1. The first kappa shape index (κ1) is 15.0. The highest BCUT2D eigenvalue weighted by Gasteiger charge is 2.23. The molecular weight excluding hydrogens is 248 g/mol. The van der Waals surface area contributed by atoms with Gasteiger partial charge >= 0.3 is 0 Å². The van der Waals surface area contributed by atoms with Gasteiger partial charge in [-0.3, -0.25) is 4.79 Å². The van der Waals surface area contributed by atoms with Crippen molar-refractivity contribution >= 4 is 24.0 Å². The third-order valence-electron chi connectivity index (χ3n) is 3.47. The minimum Gasteiger partial charge on any atom is -0.327 e. The number of carbonyl (C=O) groups is 1. The first-order valence-electron chi connectivity index (χ1n) is 6.36. The highest BCUT2D eigenvalue weighted by Crippen LogP contribution is 2.25. The van der Waals surface area contributed by atoms with Crippen molar-refractivity contribution < 1.29 is 4.79 Å². The number of hydrogen-bond donors (Lipinski definition) is 2. The summed E-state index contributed by atoms with van der Waals surface area (Å²) in [5, 5.41) is 2.92. The van der Waals surface area contributed by atoms with E-state index in [4.69, 9.17) is 5.73 Å². The molecule has 1 aromatic carbocycles. The van der Waals surface area contributed by atoms with E-state index in [-0.39, 0.29) is 24.4 Å².